The quantitative estimate of drug-likeness (QED) is 0.817. The maximum Gasteiger partial charge on any atom is 0.126 e. The van der Waals surface area contributed by atoms with Crippen LogP contribution >= 0.6 is 11.6 Å². The molecule has 0 bridgehead atoms. The third-order valence-corrected chi connectivity index (χ3v) is 2.82. The van der Waals surface area contributed by atoms with Crippen LogP contribution in [0.5, 0.6) is 0 Å². The van der Waals surface area contributed by atoms with E-state index in [2.05, 4.69) is 12.2 Å². The molecular formula is C12H17ClFN. The Morgan fingerprint density at radius 1 is 1.47 bits per heavy atom. The van der Waals surface area contributed by atoms with Crippen LogP contribution < -0.4 is 5.32 Å². The Kier molecular flexibility index (Phi) is 5.06. The standard InChI is InChI=1S/C12H17ClFN/c1-3-9(8-15-2)6-10-7-11(13)4-5-12(10)14/h4-5,7,9,15H,3,6,8H2,1-2H3. The monoisotopic (exact) mass is 229 g/mol. The van der Waals surface area contributed by atoms with Crippen LogP contribution in [0, 0.1) is 11.7 Å². The molecule has 0 amide bonds. The lowest BCUT2D eigenvalue weighted by molar-refractivity contribution is 0.469. The summed E-state index contributed by atoms with van der Waals surface area (Å²) in [6, 6.07) is 4.73. The maximum atomic E-state index is 13.4. The van der Waals surface area contributed by atoms with E-state index >= 15 is 0 Å². The zero-order valence-electron chi connectivity index (χ0n) is 9.19. The number of rotatable bonds is 5. The van der Waals surface area contributed by atoms with Gasteiger partial charge in [-0.15, -0.1) is 0 Å². The van der Waals surface area contributed by atoms with Crippen molar-refractivity contribution < 1.29 is 4.39 Å². The first-order valence-corrected chi connectivity index (χ1v) is 5.63. The minimum atomic E-state index is -0.158. The Labute approximate surface area is 95.6 Å². The molecular weight excluding hydrogens is 213 g/mol. The highest BCUT2D eigenvalue weighted by Crippen LogP contribution is 2.19. The molecule has 1 aromatic carbocycles. The Balaban J connectivity index is 2.73. The summed E-state index contributed by atoms with van der Waals surface area (Å²) < 4.78 is 13.4. The van der Waals surface area contributed by atoms with Crippen molar-refractivity contribution in [2.24, 2.45) is 5.92 Å². The molecule has 0 saturated carbocycles. The first kappa shape index (κ1) is 12.5. The molecule has 0 saturated heterocycles. The van der Waals surface area contributed by atoms with E-state index in [1.807, 2.05) is 7.05 Å². The highest BCUT2D eigenvalue weighted by atomic mass is 35.5. The average Bonchev–Trinajstić information content (AvgIpc) is 2.22. The number of hydrogen-bond acceptors (Lipinski definition) is 1. The van der Waals surface area contributed by atoms with Crippen molar-refractivity contribution in [3.63, 3.8) is 0 Å². The molecule has 0 spiro atoms. The van der Waals surface area contributed by atoms with Gasteiger partial charge in [0.25, 0.3) is 0 Å². The molecule has 1 N–H and O–H groups in total. The SMILES string of the molecule is CCC(CNC)Cc1cc(Cl)ccc1F. The van der Waals surface area contributed by atoms with Crippen LogP contribution in [0.2, 0.25) is 5.02 Å². The normalized spacial score (nSPS) is 12.8. The molecule has 0 aliphatic rings. The number of nitrogens with one attached hydrogen (secondary N) is 1. The van der Waals surface area contributed by atoms with Gasteiger partial charge < -0.3 is 5.32 Å². The van der Waals surface area contributed by atoms with Gasteiger partial charge in [-0.05, 0) is 49.7 Å². The molecule has 1 atom stereocenters. The molecule has 1 nitrogen and oxygen atoms in total. The molecule has 0 aliphatic heterocycles. The first-order valence-electron chi connectivity index (χ1n) is 5.25. The summed E-state index contributed by atoms with van der Waals surface area (Å²) in [7, 11) is 1.91. The van der Waals surface area contributed by atoms with Crippen molar-refractivity contribution in [1.82, 2.24) is 5.32 Å². The number of benzene rings is 1. The summed E-state index contributed by atoms with van der Waals surface area (Å²) in [4.78, 5) is 0. The molecule has 1 aromatic rings. The summed E-state index contributed by atoms with van der Waals surface area (Å²) in [5.74, 6) is 0.303. The molecule has 0 aromatic heterocycles. The molecule has 0 fully saturated rings. The zero-order chi connectivity index (χ0) is 11.3. The highest BCUT2D eigenvalue weighted by molar-refractivity contribution is 6.30. The van der Waals surface area contributed by atoms with Crippen LogP contribution in [-0.2, 0) is 6.42 Å². The second-order valence-corrected chi connectivity index (χ2v) is 4.21. The predicted octanol–water partition coefficient (Wildman–Crippen LogP) is 3.27. The van der Waals surface area contributed by atoms with Gasteiger partial charge in [-0.3, -0.25) is 0 Å². The lowest BCUT2D eigenvalue weighted by atomic mass is 9.96. The van der Waals surface area contributed by atoms with Crippen LogP contribution in [0.3, 0.4) is 0 Å². The molecule has 1 unspecified atom stereocenters. The van der Waals surface area contributed by atoms with Crippen molar-refractivity contribution in [3.05, 3.63) is 34.6 Å². The predicted molar refractivity (Wildman–Crippen MR) is 62.8 cm³/mol. The molecule has 0 radical (unpaired) electrons. The van der Waals surface area contributed by atoms with Gasteiger partial charge in [-0.2, -0.15) is 0 Å². The van der Waals surface area contributed by atoms with Crippen LogP contribution in [0.1, 0.15) is 18.9 Å². The van der Waals surface area contributed by atoms with Crippen LogP contribution in [0.25, 0.3) is 0 Å². The Morgan fingerprint density at radius 2 is 2.20 bits per heavy atom. The van der Waals surface area contributed by atoms with E-state index in [9.17, 15) is 4.39 Å². The summed E-state index contributed by atoms with van der Waals surface area (Å²) >= 11 is 5.84. The minimum absolute atomic E-state index is 0.158. The van der Waals surface area contributed by atoms with E-state index < -0.39 is 0 Å². The smallest absolute Gasteiger partial charge is 0.126 e. The van der Waals surface area contributed by atoms with Crippen LogP contribution in [0.15, 0.2) is 18.2 Å². The minimum Gasteiger partial charge on any atom is -0.319 e. The van der Waals surface area contributed by atoms with Crippen LogP contribution in [0.4, 0.5) is 4.39 Å². The van der Waals surface area contributed by atoms with Crippen molar-refractivity contribution in [3.8, 4) is 0 Å². The van der Waals surface area contributed by atoms with Gasteiger partial charge >= 0.3 is 0 Å². The third kappa shape index (κ3) is 3.80. The summed E-state index contributed by atoms with van der Waals surface area (Å²) in [5, 5.41) is 3.72. The largest absolute Gasteiger partial charge is 0.319 e. The van der Waals surface area contributed by atoms with Crippen molar-refractivity contribution in [2.75, 3.05) is 13.6 Å². The molecule has 84 valence electrons. The van der Waals surface area contributed by atoms with Gasteiger partial charge in [-0.25, -0.2) is 4.39 Å². The molecule has 0 aliphatic carbocycles. The van der Waals surface area contributed by atoms with E-state index in [0.717, 1.165) is 19.4 Å². The third-order valence-electron chi connectivity index (χ3n) is 2.59. The van der Waals surface area contributed by atoms with Gasteiger partial charge in [0.2, 0.25) is 0 Å². The van der Waals surface area contributed by atoms with Gasteiger partial charge in [0.05, 0.1) is 0 Å². The lowest BCUT2D eigenvalue weighted by Gasteiger charge is -2.14. The highest BCUT2D eigenvalue weighted by Gasteiger charge is 2.10. The lowest BCUT2D eigenvalue weighted by Crippen LogP contribution is -2.20. The van der Waals surface area contributed by atoms with Gasteiger partial charge in [0, 0.05) is 5.02 Å². The van der Waals surface area contributed by atoms with Crippen molar-refractivity contribution in [1.29, 1.82) is 0 Å². The van der Waals surface area contributed by atoms with E-state index in [1.165, 1.54) is 6.07 Å². The zero-order valence-corrected chi connectivity index (χ0v) is 9.94. The number of halogens is 2. The summed E-state index contributed by atoms with van der Waals surface area (Å²) in [6.07, 6.45) is 1.77. The van der Waals surface area contributed by atoms with Gasteiger partial charge in [0.15, 0.2) is 0 Å². The Bertz CT molecular complexity index is 314. The first-order chi connectivity index (χ1) is 7.17. The van der Waals surface area contributed by atoms with Crippen molar-refractivity contribution >= 4 is 11.6 Å². The topological polar surface area (TPSA) is 12.0 Å². The van der Waals surface area contributed by atoms with Gasteiger partial charge in [-0.1, -0.05) is 24.9 Å². The van der Waals surface area contributed by atoms with Gasteiger partial charge in [0.1, 0.15) is 5.82 Å². The summed E-state index contributed by atoms with van der Waals surface area (Å²) in [5.41, 5.74) is 0.713. The van der Waals surface area contributed by atoms with Crippen LogP contribution in [-0.4, -0.2) is 13.6 Å². The molecule has 1 rings (SSSR count). The number of hydrogen-bond donors (Lipinski definition) is 1. The van der Waals surface area contributed by atoms with E-state index in [1.54, 1.807) is 12.1 Å². The fourth-order valence-electron chi connectivity index (χ4n) is 1.66. The average molecular weight is 230 g/mol. The van der Waals surface area contributed by atoms with E-state index in [0.29, 0.717) is 16.5 Å². The van der Waals surface area contributed by atoms with E-state index in [-0.39, 0.29) is 5.82 Å². The summed E-state index contributed by atoms with van der Waals surface area (Å²) in [6.45, 7) is 3.02. The van der Waals surface area contributed by atoms with E-state index in [4.69, 9.17) is 11.6 Å². The maximum absolute atomic E-state index is 13.4. The molecule has 3 heteroatoms. The second kappa shape index (κ2) is 6.09. The molecule has 0 heterocycles. The van der Waals surface area contributed by atoms with Crippen molar-refractivity contribution in [2.45, 2.75) is 19.8 Å². The fraction of sp³-hybridized carbons (Fsp3) is 0.500. The molecule has 15 heavy (non-hydrogen) atoms. The fourth-order valence-corrected chi connectivity index (χ4v) is 1.85. The Morgan fingerprint density at radius 3 is 2.80 bits per heavy atom. The second-order valence-electron chi connectivity index (χ2n) is 3.77. The Hall–Kier alpha value is -0.600.